The first-order valence-corrected chi connectivity index (χ1v) is 8.54. The maximum atomic E-state index is 10.5. The van der Waals surface area contributed by atoms with Gasteiger partial charge >= 0.3 is 0 Å². The van der Waals surface area contributed by atoms with Gasteiger partial charge in [0.2, 0.25) is 0 Å². The molecule has 3 unspecified atom stereocenters. The first kappa shape index (κ1) is 14.7. The van der Waals surface area contributed by atoms with Gasteiger partial charge in [-0.1, -0.05) is 29.8 Å². The number of aliphatic hydroxyl groups excluding tert-OH is 1. The van der Waals surface area contributed by atoms with E-state index in [2.05, 4.69) is 4.90 Å². The van der Waals surface area contributed by atoms with Crippen LogP contribution in [0.1, 0.15) is 18.1 Å². The average molecular weight is 314 g/mol. The molecule has 0 spiro atoms. The number of halogens is 1. The molecule has 0 bridgehead atoms. The third-order valence-electron chi connectivity index (χ3n) is 4.12. The van der Waals surface area contributed by atoms with Crippen molar-refractivity contribution >= 4 is 23.4 Å². The van der Waals surface area contributed by atoms with Gasteiger partial charge in [0.15, 0.2) is 0 Å². The Morgan fingerprint density at radius 3 is 3.15 bits per heavy atom. The summed E-state index contributed by atoms with van der Waals surface area (Å²) in [6.45, 7) is 3.37. The third-order valence-corrected chi connectivity index (χ3v) is 5.76. The summed E-state index contributed by atoms with van der Waals surface area (Å²) in [5.74, 6) is 1.11. The highest BCUT2D eigenvalue weighted by molar-refractivity contribution is 8.00. The van der Waals surface area contributed by atoms with E-state index in [1.54, 1.807) is 0 Å². The first-order valence-electron chi connectivity index (χ1n) is 7.11. The molecule has 2 fully saturated rings. The van der Waals surface area contributed by atoms with Crippen LogP contribution in [0.15, 0.2) is 24.3 Å². The number of thioether (sulfide) groups is 1. The number of rotatable bonds is 3. The molecule has 110 valence electrons. The quantitative estimate of drug-likeness (QED) is 0.930. The topological polar surface area (TPSA) is 32.7 Å². The van der Waals surface area contributed by atoms with E-state index in [0.717, 1.165) is 37.5 Å². The predicted molar refractivity (Wildman–Crippen MR) is 83.5 cm³/mol. The van der Waals surface area contributed by atoms with Crippen molar-refractivity contribution in [2.24, 2.45) is 0 Å². The van der Waals surface area contributed by atoms with Crippen molar-refractivity contribution < 1.29 is 9.84 Å². The van der Waals surface area contributed by atoms with E-state index >= 15 is 0 Å². The lowest BCUT2D eigenvalue weighted by Crippen LogP contribution is -2.53. The molecule has 0 saturated carbocycles. The summed E-state index contributed by atoms with van der Waals surface area (Å²) in [4.78, 5) is 2.41. The van der Waals surface area contributed by atoms with Gasteiger partial charge in [0, 0.05) is 47.3 Å². The molecule has 2 heterocycles. The largest absolute Gasteiger partial charge is 0.387 e. The second kappa shape index (κ2) is 6.67. The number of hydrogen-bond donors (Lipinski definition) is 1. The lowest BCUT2D eigenvalue weighted by atomic mass is 10.0. The highest BCUT2D eigenvalue weighted by Gasteiger charge is 2.35. The Hall–Kier alpha value is -0.260. The Bertz CT molecular complexity index is 457. The van der Waals surface area contributed by atoms with Crippen LogP contribution in [-0.4, -0.2) is 53.4 Å². The lowest BCUT2D eigenvalue weighted by Gasteiger charge is -2.44. The van der Waals surface area contributed by atoms with Crippen molar-refractivity contribution in [3.63, 3.8) is 0 Å². The second-order valence-corrected chi connectivity index (χ2v) is 7.13. The van der Waals surface area contributed by atoms with Crippen molar-refractivity contribution in [2.75, 3.05) is 32.1 Å². The molecule has 1 aromatic rings. The van der Waals surface area contributed by atoms with Gasteiger partial charge in [0.25, 0.3) is 0 Å². The van der Waals surface area contributed by atoms with Crippen molar-refractivity contribution in [3.05, 3.63) is 34.9 Å². The number of fused-ring (bicyclic) bond motifs is 1. The molecule has 1 N–H and O–H groups in total. The van der Waals surface area contributed by atoms with Gasteiger partial charge in [-0.05, 0) is 12.5 Å². The van der Waals surface area contributed by atoms with Crippen LogP contribution in [0.25, 0.3) is 0 Å². The van der Waals surface area contributed by atoms with Crippen molar-refractivity contribution in [2.45, 2.75) is 23.8 Å². The number of nitrogens with zero attached hydrogens (tertiary/aromatic N) is 1. The molecule has 20 heavy (non-hydrogen) atoms. The second-order valence-electron chi connectivity index (χ2n) is 5.37. The minimum Gasteiger partial charge on any atom is -0.387 e. The van der Waals surface area contributed by atoms with Gasteiger partial charge in [-0.25, -0.2) is 0 Å². The van der Waals surface area contributed by atoms with E-state index in [0.29, 0.717) is 22.9 Å². The highest BCUT2D eigenvalue weighted by Crippen LogP contribution is 2.32. The smallest absolute Gasteiger partial charge is 0.0931 e. The van der Waals surface area contributed by atoms with Crippen molar-refractivity contribution in [1.82, 2.24) is 4.90 Å². The number of hydrogen-bond acceptors (Lipinski definition) is 4. The van der Waals surface area contributed by atoms with Crippen LogP contribution in [0.4, 0.5) is 0 Å². The van der Waals surface area contributed by atoms with E-state index < -0.39 is 6.10 Å². The fraction of sp³-hybridized carbons (Fsp3) is 0.600. The lowest BCUT2D eigenvalue weighted by molar-refractivity contribution is 0.0178. The minimum absolute atomic E-state index is 0.518. The van der Waals surface area contributed by atoms with Crippen LogP contribution in [0.2, 0.25) is 5.02 Å². The van der Waals surface area contributed by atoms with Crippen molar-refractivity contribution in [3.8, 4) is 0 Å². The molecular weight excluding hydrogens is 294 g/mol. The average Bonchev–Trinajstić information content (AvgIpc) is 2.48. The number of ether oxygens (including phenoxy) is 1. The Labute approximate surface area is 129 Å². The molecule has 2 saturated heterocycles. The van der Waals surface area contributed by atoms with Crippen molar-refractivity contribution in [1.29, 1.82) is 0 Å². The highest BCUT2D eigenvalue weighted by atomic mass is 35.5. The molecule has 0 aliphatic carbocycles. The standard InChI is InChI=1S/C15H20ClNO2S/c16-12-4-2-1-3-11(12)14(18)9-17-6-8-20-15-10-19-7-5-13(15)17/h1-4,13-15,18H,5-10H2. The maximum Gasteiger partial charge on any atom is 0.0931 e. The van der Waals surface area contributed by atoms with Crippen LogP contribution in [-0.2, 0) is 4.74 Å². The predicted octanol–water partition coefficient (Wildman–Crippen LogP) is 2.58. The van der Waals surface area contributed by atoms with Crippen LogP contribution in [0.5, 0.6) is 0 Å². The van der Waals surface area contributed by atoms with Gasteiger partial charge in [-0.2, -0.15) is 11.8 Å². The molecular formula is C15H20ClNO2S. The zero-order valence-electron chi connectivity index (χ0n) is 11.4. The fourth-order valence-electron chi connectivity index (χ4n) is 3.06. The summed E-state index contributed by atoms with van der Waals surface area (Å²) in [6.07, 6.45) is 0.544. The molecule has 2 aliphatic heterocycles. The number of aliphatic hydroxyl groups is 1. The fourth-order valence-corrected chi connectivity index (χ4v) is 4.68. The Balaban J connectivity index is 1.68. The van der Waals surface area contributed by atoms with E-state index in [-0.39, 0.29) is 0 Å². The molecule has 2 aliphatic rings. The summed E-state index contributed by atoms with van der Waals surface area (Å²) in [5, 5.41) is 11.7. The summed E-state index contributed by atoms with van der Waals surface area (Å²) < 4.78 is 5.56. The van der Waals surface area contributed by atoms with Crippen LogP contribution < -0.4 is 0 Å². The number of benzene rings is 1. The van der Waals surface area contributed by atoms with Crippen LogP contribution in [0, 0.1) is 0 Å². The summed E-state index contributed by atoms with van der Waals surface area (Å²) in [5.41, 5.74) is 0.830. The molecule has 3 nitrogen and oxygen atoms in total. The van der Waals surface area contributed by atoms with Gasteiger partial charge in [-0.15, -0.1) is 0 Å². The Morgan fingerprint density at radius 1 is 1.45 bits per heavy atom. The molecule has 0 amide bonds. The van der Waals surface area contributed by atoms with Gasteiger partial charge < -0.3 is 9.84 Å². The Morgan fingerprint density at radius 2 is 2.30 bits per heavy atom. The monoisotopic (exact) mass is 313 g/mol. The van der Waals surface area contributed by atoms with Gasteiger partial charge in [0.05, 0.1) is 12.7 Å². The molecule has 3 rings (SSSR count). The van der Waals surface area contributed by atoms with Crippen LogP contribution >= 0.6 is 23.4 Å². The molecule has 5 heteroatoms. The maximum absolute atomic E-state index is 10.5. The van der Waals surface area contributed by atoms with E-state index in [1.165, 1.54) is 0 Å². The number of β-amino-alcohol motifs (C(OH)–C–C–N with tert-alkyl or cyclic N) is 1. The summed E-state index contributed by atoms with van der Waals surface area (Å²) in [7, 11) is 0. The van der Waals surface area contributed by atoms with Gasteiger partial charge in [-0.3, -0.25) is 4.90 Å². The minimum atomic E-state index is -0.518. The van der Waals surface area contributed by atoms with Crippen LogP contribution in [0.3, 0.4) is 0 Å². The zero-order chi connectivity index (χ0) is 13.9. The van der Waals surface area contributed by atoms with E-state index in [1.807, 2.05) is 36.0 Å². The SMILES string of the molecule is OC(CN1CCSC2COCCC21)c1ccccc1Cl. The summed E-state index contributed by atoms with van der Waals surface area (Å²) in [6, 6.07) is 8.09. The summed E-state index contributed by atoms with van der Waals surface area (Å²) >= 11 is 8.17. The van der Waals surface area contributed by atoms with Gasteiger partial charge in [0.1, 0.15) is 0 Å². The normalized spacial score (nSPS) is 28.9. The van der Waals surface area contributed by atoms with E-state index in [4.69, 9.17) is 16.3 Å². The van der Waals surface area contributed by atoms with E-state index in [9.17, 15) is 5.11 Å². The molecule has 1 aromatic carbocycles. The molecule has 3 atom stereocenters. The third kappa shape index (κ3) is 3.15. The Kier molecular flexibility index (Phi) is 4.89. The first-order chi connectivity index (χ1) is 9.75. The molecule has 0 radical (unpaired) electrons. The molecule has 0 aromatic heterocycles. The zero-order valence-corrected chi connectivity index (χ0v) is 12.9.